The zero-order valence-electron chi connectivity index (χ0n) is 32.4. The van der Waals surface area contributed by atoms with Crippen molar-refractivity contribution in [3.05, 3.63) is 156 Å². The Labute approximate surface area is 333 Å². The lowest BCUT2D eigenvalue weighted by atomic mass is 9.94. The topological polar surface area (TPSA) is 148 Å². The van der Waals surface area contributed by atoms with Crippen LogP contribution in [0.4, 0.5) is 0 Å². The first-order valence-corrected chi connectivity index (χ1v) is 18.8. The molecule has 4 aromatic carbocycles. The van der Waals surface area contributed by atoms with Gasteiger partial charge in [0.25, 0.3) is 0 Å². The molecule has 12 nitrogen and oxygen atoms in total. The molecule has 300 valence electrons. The van der Waals surface area contributed by atoms with E-state index in [4.69, 9.17) is 28.4 Å². The normalized spacial score (nSPS) is 20.2. The first kappa shape index (κ1) is 42.5. The number of hydrogen-bond donors (Lipinski definition) is 2. The van der Waals surface area contributed by atoms with Gasteiger partial charge in [0.05, 0.1) is 46.6 Å². The van der Waals surface area contributed by atoms with Gasteiger partial charge in [0.2, 0.25) is 11.8 Å². The lowest BCUT2D eigenvalue weighted by Gasteiger charge is -2.44. The van der Waals surface area contributed by atoms with Crippen LogP contribution in [0.5, 0.6) is 0 Å². The summed E-state index contributed by atoms with van der Waals surface area (Å²) < 4.78 is 36.0. The van der Waals surface area contributed by atoms with Crippen LogP contribution in [-0.2, 0) is 73.8 Å². The first-order valence-electron chi connectivity index (χ1n) is 18.8. The maximum atomic E-state index is 13.6. The highest BCUT2D eigenvalue weighted by Gasteiger charge is 2.46. The van der Waals surface area contributed by atoms with E-state index in [9.17, 15) is 19.2 Å². The maximum Gasteiger partial charge on any atom is 0.328 e. The van der Waals surface area contributed by atoms with Gasteiger partial charge in [0.1, 0.15) is 36.5 Å². The summed E-state index contributed by atoms with van der Waals surface area (Å²) in [6.45, 7) is 2.69. The molecule has 1 aliphatic rings. The van der Waals surface area contributed by atoms with E-state index in [1.54, 1.807) is 18.2 Å². The third-order valence-corrected chi connectivity index (χ3v) is 9.42. The third kappa shape index (κ3) is 13.2. The summed E-state index contributed by atoms with van der Waals surface area (Å²) in [6.07, 6.45) is -0.821. The number of hydrogen-bond acceptors (Lipinski definition) is 10. The minimum Gasteiger partial charge on any atom is -0.469 e. The number of benzene rings is 4. The smallest absolute Gasteiger partial charge is 0.328 e. The van der Waals surface area contributed by atoms with E-state index in [-0.39, 0.29) is 19.6 Å². The molecule has 0 aromatic heterocycles. The number of carbonyl (C=O) groups is 4. The molecule has 0 unspecified atom stereocenters. The highest BCUT2D eigenvalue weighted by atomic mass is 16.6. The molecule has 1 aliphatic heterocycles. The fourth-order valence-electron chi connectivity index (χ4n) is 6.43. The molecule has 12 heteroatoms. The first-order chi connectivity index (χ1) is 27.7. The standard InChI is InChI=1S/C45H50N2O10/c1-31-41(54-28-33-18-10-5-11-19-33)43(56-30-35-22-14-7-15-23-35)42(55-29-34-20-12-6-13-21-34)38(57-31)24-25-39(48)46-36(27-40(49)52-2)44(50)47-37(45(51)53-3)26-32-16-8-4-9-17-32/h4-25,31,36-38,41-43H,26-30H2,1-3H3,(H,46,48)(H,47,50)/b25-24+/t31-,36-,37-,38+,41+,42+,43+/m0/s1. The Morgan fingerprint density at radius 2 is 1.09 bits per heavy atom. The number of nitrogens with one attached hydrogen (secondary N) is 2. The molecule has 2 amide bonds. The van der Waals surface area contributed by atoms with Crippen molar-refractivity contribution in [1.29, 1.82) is 0 Å². The Kier molecular flexibility index (Phi) is 16.5. The van der Waals surface area contributed by atoms with Gasteiger partial charge in [-0.05, 0) is 35.3 Å². The summed E-state index contributed by atoms with van der Waals surface area (Å²) in [5.74, 6) is -2.89. The summed E-state index contributed by atoms with van der Waals surface area (Å²) in [6, 6.07) is 35.8. The second-order valence-electron chi connectivity index (χ2n) is 13.6. The fourth-order valence-corrected chi connectivity index (χ4v) is 6.43. The predicted octanol–water partition coefficient (Wildman–Crippen LogP) is 5.03. The molecule has 1 saturated heterocycles. The van der Waals surface area contributed by atoms with Gasteiger partial charge in [-0.25, -0.2) is 4.79 Å². The number of methoxy groups -OCH3 is 2. The summed E-state index contributed by atoms with van der Waals surface area (Å²) >= 11 is 0. The van der Waals surface area contributed by atoms with E-state index in [2.05, 4.69) is 10.6 Å². The summed E-state index contributed by atoms with van der Waals surface area (Å²) in [5, 5.41) is 5.22. The van der Waals surface area contributed by atoms with E-state index >= 15 is 0 Å². The van der Waals surface area contributed by atoms with Gasteiger partial charge in [0, 0.05) is 12.5 Å². The largest absolute Gasteiger partial charge is 0.469 e. The Bertz CT molecular complexity index is 1880. The fraction of sp³-hybridized carbons (Fsp3) is 0.333. The number of esters is 2. The van der Waals surface area contributed by atoms with Crippen molar-refractivity contribution in [2.24, 2.45) is 0 Å². The van der Waals surface area contributed by atoms with Gasteiger partial charge in [-0.1, -0.05) is 121 Å². The maximum absolute atomic E-state index is 13.6. The van der Waals surface area contributed by atoms with Gasteiger partial charge >= 0.3 is 11.9 Å². The van der Waals surface area contributed by atoms with Crippen molar-refractivity contribution < 1.29 is 47.6 Å². The minimum atomic E-state index is -1.38. The molecule has 0 saturated carbocycles. The highest BCUT2D eigenvalue weighted by Crippen LogP contribution is 2.31. The quantitative estimate of drug-likeness (QED) is 0.0982. The van der Waals surface area contributed by atoms with Crippen LogP contribution < -0.4 is 10.6 Å². The van der Waals surface area contributed by atoms with E-state index in [1.165, 1.54) is 20.3 Å². The van der Waals surface area contributed by atoms with Gasteiger partial charge in [-0.15, -0.1) is 0 Å². The molecule has 7 atom stereocenters. The number of carbonyl (C=O) groups excluding carboxylic acids is 4. The molecule has 1 heterocycles. The molecule has 5 rings (SSSR count). The Morgan fingerprint density at radius 3 is 1.58 bits per heavy atom. The van der Waals surface area contributed by atoms with Crippen LogP contribution in [-0.4, -0.2) is 80.6 Å². The third-order valence-electron chi connectivity index (χ3n) is 9.42. The molecule has 2 N–H and O–H groups in total. The SMILES string of the molecule is COC(=O)C[C@H](NC(=O)/C=C/[C@H]1O[C@@H](C)[C@@H](OCc2ccccc2)[C@@H](OCc2ccccc2)[C@@H]1OCc1ccccc1)C(=O)N[C@@H](Cc1ccccc1)C(=O)OC. The van der Waals surface area contributed by atoms with E-state index in [0.717, 1.165) is 22.3 Å². The Morgan fingerprint density at radius 1 is 0.614 bits per heavy atom. The van der Waals surface area contributed by atoms with Crippen molar-refractivity contribution in [3.63, 3.8) is 0 Å². The van der Waals surface area contributed by atoms with Crippen LogP contribution in [0, 0.1) is 0 Å². The molecule has 0 aliphatic carbocycles. The Hall–Kier alpha value is -5.66. The van der Waals surface area contributed by atoms with E-state index in [0.29, 0.717) is 6.61 Å². The van der Waals surface area contributed by atoms with Gasteiger partial charge in [-0.2, -0.15) is 0 Å². The molecule has 57 heavy (non-hydrogen) atoms. The second-order valence-corrected chi connectivity index (χ2v) is 13.6. The van der Waals surface area contributed by atoms with Crippen LogP contribution in [0.2, 0.25) is 0 Å². The molecule has 0 radical (unpaired) electrons. The van der Waals surface area contributed by atoms with E-state index < -0.39 is 72.8 Å². The van der Waals surface area contributed by atoms with Crippen LogP contribution in [0.3, 0.4) is 0 Å². The van der Waals surface area contributed by atoms with Gasteiger partial charge in [0.15, 0.2) is 0 Å². The highest BCUT2D eigenvalue weighted by molar-refractivity contribution is 5.96. The molecule has 0 spiro atoms. The minimum absolute atomic E-state index is 0.128. The molecular weight excluding hydrogens is 728 g/mol. The average Bonchev–Trinajstić information content (AvgIpc) is 3.24. The predicted molar refractivity (Wildman–Crippen MR) is 211 cm³/mol. The lowest BCUT2D eigenvalue weighted by Crippen LogP contribution is -2.59. The van der Waals surface area contributed by atoms with Crippen molar-refractivity contribution in [2.45, 2.75) is 82.2 Å². The molecule has 1 fully saturated rings. The van der Waals surface area contributed by atoms with E-state index in [1.807, 2.05) is 116 Å². The van der Waals surface area contributed by atoms with Gasteiger partial charge in [-0.3, -0.25) is 14.4 Å². The van der Waals surface area contributed by atoms with Crippen LogP contribution in [0.1, 0.15) is 35.6 Å². The average molecular weight is 779 g/mol. The van der Waals surface area contributed by atoms with Crippen molar-refractivity contribution in [1.82, 2.24) is 10.6 Å². The monoisotopic (exact) mass is 778 g/mol. The summed E-state index contributed by atoms with van der Waals surface area (Å²) in [5.41, 5.74) is 3.64. The van der Waals surface area contributed by atoms with Crippen molar-refractivity contribution in [3.8, 4) is 0 Å². The van der Waals surface area contributed by atoms with Gasteiger partial charge < -0.3 is 39.1 Å². The zero-order valence-corrected chi connectivity index (χ0v) is 32.4. The van der Waals surface area contributed by atoms with Crippen LogP contribution >= 0.6 is 0 Å². The van der Waals surface area contributed by atoms with Crippen LogP contribution in [0.25, 0.3) is 0 Å². The second kappa shape index (κ2) is 22.2. The lowest BCUT2D eigenvalue weighted by molar-refractivity contribution is -0.251. The molecular formula is C45H50N2O10. The molecule has 4 aromatic rings. The van der Waals surface area contributed by atoms with Crippen molar-refractivity contribution >= 4 is 23.8 Å². The summed E-state index contributed by atoms with van der Waals surface area (Å²) in [7, 11) is 2.39. The van der Waals surface area contributed by atoms with Crippen molar-refractivity contribution in [2.75, 3.05) is 14.2 Å². The van der Waals surface area contributed by atoms with Crippen LogP contribution in [0.15, 0.2) is 133 Å². The zero-order chi connectivity index (χ0) is 40.4. The Balaban J connectivity index is 1.37. The number of rotatable bonds is 19. The number of ether oxygens (including phenoxy) is 6. The number of amides is 2. The summed E-state index contributed by atoms with van der Waals surface area (Å²) in [4.78, 5) is 52.2. The molecule has 0 bridgehead atoms.